The van der Waals surface area contributed by atoms with E-state index in [9.17, 15) is 4.79 Å². The fourth-order valence-corrected chi connectivity index (χ4v) is 3.71. The van der Waals surface area contributed by atoms with Crippen LogP contribution >= 0.6 is 0 Å². The number of hydrogen-bond donors (Lipinski definition) is 0. The highest BCUT2D eigenvalue weighted by molar-refractivity contribution is 6.17. The first kappa shape index (κ1) is 16.8. The van der Waals surface area contributed by atoms with Gasteiger partial charge in [-0.2, -0.15) is 0 Å². The van der Waals surface area contributed by atoms with E-state index in [1.807, 2.05) is 36.7 Å². The van der Waals surface area contributed by atoms with E-state index in [4.69, 9.17) is 9.98 Å². The van der Waals surface area contributed by atoms with Crippen LogP contribution in [0, 0.1) is 12.8 Å². The SMILES string of the molecule is CCC(C)[C@H]1CN2C(=N1)N(C)C(=O)c1c2nc(C)n1Cc1ccccc1. The van der Waals surface area contributed by atoms with Crippen molar-refractivity contribution in [1.29, 1.82) is 0 Å². The van der Waals surface area contributed by atoms with E-state index in [1.54, 1.807) is 4.90 Å². The maximum atomic E-state index is 13.1. The van der Waals surface area contributed by atoms with Gasteiger partial charge < -0.3 is 4.57 Å². The molecule has 2 aliphatic heterocycles. The molecule has 6 heteroatoms. The normalized spacial score (nSPS) is 20.1. The largest absolute Gasteiger partial charge is 0.318 e. The number of amides is 1. The monoisotopic (exact) mass is 351 g/mol. The molecule has 1 unspecified atom stereocenters. The second-order valence-electron chi connectivity index (χ2n) is 7.26. The molecule has 0 fully saturated rings. The number of benzene rings is 1. The summed E-state index contributed by atoms with van der Waals surface area (Å²) in [4.78, 5) is 26.5. The summed E-state index contributed by atoms with van der Waals surface area (Å²) in [6, 6.07) is 10.4. The number of aliphatic imine (C=N–C) groups is 1. The number of hydrogen-bond acceptors (Lipinski definition) is 4. The number of anilines is 1. The van der Waals surface area contributed by atoms with Crippen LogP contribution in [0.25, 0.3) is 0 Å². The zero-order chi connectivity index (χ0) is 18.4. The van der Waals surface area contributed by atoms with Crippen molar-refractivity contribution in [2.75, 3.05) is 18.5 Å². The Morgan fingerprint density at radius 2 is 2.00 bits per heavy atom. The van der Waals surface area contributed by atoms with Crippen LogP contribution in [0.15, 0.2) is 35.3 Å². The number of nitrogens with zero attached hydrogens (tertiary/aromatic N) is 5. The van der Waals surface area contributed by atoms with E-state index in [1.165, 1.54) is 0 Å². The highest BCUT2D eigenvalue weighted by atomic mass is 16.2. The first-order valence-corrected chi connectivity index (χ1v) is 9.25. The van der Waals surface area contributed by atoms with E-state index in [2.05, 4.69) is 30.9 Å². The van der Waals surface area contributed by atoms with Gasteiger partial charge >= 0.3 is 0 Å². The Labute approximate surface area is 154 Å². The standard InChI is InChI=1S/C20H25N5O/c1-5-13(2)16-12-25-18-17(19(26)23(4)20(25)22-16)24(14(3)21-18)11-15-9-7-6-8-10-15/h6-10,13,16H,5,11-12H2,1-4H3/t13?,16-/m1/s1. The van der Waals surface area contributed by atoms with Gasteiger partial charge in [0.05, 0.1) is 12.6 Å². The molecule has 26 heavy (non-hydrogen) atoms. The summed E-state index contributed by atoms with van der Waals surface area (Å²) in [5.74, 6) is 2.79. The molecule has 3 heterocycles. The number of aromatic nitrogens is 2. The van der Waals surface area contributed by atoms with Crippen LogP contribution in [-0.2, 0) is 6.54 Å². The van der Waals surface area contributed by atoms with Gasteiger partial charge in [-0.1, -0.05) is 50.6 Å². The van der Waals surface area contributed by atoms with Gasteiger partial charge in [-0.15, -0.1) is 0 Å². The summed E-state index contributed by atoms with van der Waals surface area (Å²) in [6.07, 6.45) is 1.07. The molecule has 136 valence electrons. The van der Waals surface area contributed by atoms with Crippen molar-refractivity contribution in [3.63, 3.8) is 0 Å². The third-order valence-electron chi connectivity index (χ3n) is 5.58. The molecular weight excluding hydrogens is 326 g/mol. The predicted molar refractivity (Wildman–Crippen MR) is 103 cm³/mol. The summed E-state index contributed by atoms with van der Waals surface area (Å²) < 4.78 is 2.02. The molecule has 1 aromatic carbocycles. The van der Waals surface area contributed by atoms with Gasteiger partial charge in [-0.3, -0.25) is 14.6 Å². The zero-order valence-electron chi connectivity index (χ0n) is 15.8. The van der Waals surface area contributed by atoms with Crippen molar-refractivity contribution in [1.82, 2.24) is 14.5 Å². The molecule has 0 spiro atoms. The predicted octanol–water partition coefficient (Wildman–Crippen LogP) is 2.92. The molecule has 0 aliphatic carbocycles. The molecule has 6 nitrogen and oxygen atoms in total. The lowest BCUT2D eigenvalue weighted by atomic mass is 10.0. The van der Waals surface area contributed by atoms with Crippen LogP contribution in [0.3, 0.4) is 0 Å². The molecule has 0 saturated carbocycles. The van der Waals surface area contributed by atoms with Gasteiger partial charge in [0.1, 0.15) is 5.82 Å². The van der Waals surface area contributed by atoms with Crippen molar-refractivity contribution >= 4 is 17.7 Å². The minimum absolute atomic E-state index is 0.0312. The quantitative estimate of drug-likeness (QED) is 0.851. The van der Waals surface area contributed by atoms with E-state index in [0.717, 1.165) is 36.1 Å². The molecular formula is C20H25N5O. The minimum Gasteiger partial charge on any atom is -0.318 e. The van der Waals surface area contributed by atoms with Gasteiger partial charge in [0, 0.05) is 13.6 Å². The first-order valence-electron chi connectivity index (χ1n) is 9.25. The Hall–Kier alpha value is -2.63. The molecule has 2 aromatic rings. The van der Waals surface area contributed by atoms with Gasteiger partial charge in [0.2, 0.25) is 5.96 Å². The average molecular weight is 351 g/mol. The van der Waals surface area contributed by atoms with E-state index < -0.39 is 0 Å². The van der Waals surface area contributed by atoms with Crippen LogP contribution in [0.5, 0.6) is 0 Å². The fraction of sp³-hybridized carbons (Fsp3) is 0.450. The molecule has 0 radical (unpaired) electrons. The van der Waals surface area contributed by atoms with E-state index >= 15 is 0 Å². The topological polar surface area (TPSA) is 53.7 Å². The maximum absolute atomic E-state index is 13.1. The summed E-state index contributed by atoms with van der Waals surface area (Å²) >= 11 is 0. The van der Waals surface area contributed by atoms with E-state index in [0.29, 0.717) is 18.2 Å². The summed E-state index contributed by atoms with van der Waals surface area (Å²) in [5.41, 5.74) is 1.82. The summed E-state index contributed by atoms with van der Waals surface area (Å²) in [6.45, 7) is 7.80. The molecule has 0 bridgehead atoms. The number of imidazole rings is 1. The van der Waals surface area contributed by atoms with Crippen LogP contribution < -0.4 is 4.90 Å². The van der Waals surface area contributed by atoms with Crippen LogP contribution in [0.2, 0.25) is 0 Å². The van der Waals surface area contributed by atoms with Crippen LogP contribution in [0.4, 0.5) is 5.82 Å². The summed E-state index contributed by atoms with van der Waals surface area (Å²) in [7, 11) is 1.81. The molecule has 2 atom stereocenters. The molecule has 1 amide bonds. The van der Waals surface area contributed by atoms with Crippen LogP contribution in [0.1, 0.15) is 42.1 Å². The van der Waals surface area contributed by atoms with Gasteiger partial charge in [0.15, 0.2) is 11.5 Å². The first-order chi connectivity index (χ1) is 12.5. The maximum Gasteiger partial charge on any atom is 0.280 e. The lowest BCUT2D eigenvalue weighted by molar-refractivity contribution is 0.0855. The van der Waals surface area contributed by atoms with Crippen LogP contribution in [-0.4, -0.2) is 46.0 Å². The lowest BCUT2D eigenvalue weighted by Crippen LogP contribution is -2.49. The fourth-order valence-electron chi connectivity index (χ4n) is 3.71. The number of fused-ring (bicyclic) bond motifs is 3. The van der Waals surface area contributed by atoms with Gasteiger partial charge in [-0.05, 0) is 18.4 Å². The number of guanidine groups is 1. The molecule has 0 saturated heterocycles. The Kier molecular flexibility index (Phi) is 4.05. The lowest BCUT2D eigenvalue weighted by Gasteiger charge is -2.31. The molecule has 1 aromatic heterocycles. The minimum atomic E-state index is -0.0312. The highest BCUT2D eigenvalue weighted by Crippen LogP contribution is 2.33. The van der Waals surface area contributed by atoms with E-state index in [-0.39, 0.29) is 11.9 Å². The third-order valence-corrected chi connectivity index (χ3v) is 5.58. The Bertz CT molecular complexity index is 870. The summed E-state index contributed by atoms with van der Waals surface area (Å²) in [5, 5.41) is 0. The highest BCUT2D eigenvalue weighted by Gasteiger charge is 2.42. The Morgan fingerprint density at radius 3 is 2.69 bits per heavy atom. The molecule has 2 aliphatic rings. The number of carbonyl (C=O) groups is 1. The molecule has 4 rings (SSSR count). The van der Waals surface area contributed by atoms with Gasteiger partial charge in [-0.25, -0.2) is 9.98 Å². The number of carbonyl (C=O) groups excluding carboxylic acids is 1. The van der Waals surface area contributed by atoms with Crippen molar-refractivity contribution in [3.8, 4) is 0 Å². The van der Waals surface area contributed by atoms with Gasteiger partial charge in [0.25, 0.3) is 5.91 Å². The second kappa shape index (κ2) is 6.27. The Balaban J connectivity index is 1.75. The van der Waals surface area contributed by atoms with Crippen molar-refractivity contribution in [2.24, 2.45) is 10.9 Å². The smallest absolute Gasteiger partial charge is 0.280 e. The van der Waals surface area contributed by atoms with Crippen molar-refractivity contribution in [2.45, 2.75) is 39.8 Å². The number of rotatable bonds is 4. The third kappa shape index (κ3) is 2.52. The average Bonchev–Trinajstić information content (AvgIpc) is 3.23. The zero-order valence-corrected chi connectivity index (χ0v) is 15.8. The number of aryl methyl sites for hydroxylation is 1. The molecule has 0 N–H and O–H groups in total. The van der Waals surface area contributed by atoms with Crippen molar-refractivity contribution < 1.29 is 4.79 Å². The second-order valence-corrected chi connectivity index (χ2v) is 7.26. The van der Waals surface area contributed by atoms with Crippen molar-refractivity contribution in [3.05, 3.63) is 47.4 Å². The Morgan fingerprint density at radius 1 is 1.27 bits per heavy atom.